The van der Waals surface area contributed by atoms with Crippen molar-refractivity contribution in [2.45, 2.75) is 5.75 Å². The van der Waals surface area contributed by atoms with Crippen molar-refractivity contribution in [3.63, 3.8) is 0 Å². The van der Waals surface area contributed by atoms with Crippen molar-refractivity contribution < 1.29 is 4.21 Å². The molecular formula is C10H8NOS+. The van der Waals surface area contributed by atoms with Gasteiger partial charge in [-0.2, -0.15) is 0 Å². The van der Waals surface area contributed by atoms with Gasteiger partial charge in [0, 0.05) is 21.4 Å². The molecule has 0 aliphatic rings. The van der Waals surface area contributed by atoms with Gasteiger partial charge in [0.25, 0.3) is 5.75 Å². The standard InChI is InChI=1S/C10H8NOS/c12-13-7-8-3-4-10-9(6-8)2-1-5-11-10/h1-6H,7H2/q+1. The molecular weight excluding hydrogens is 182 g/mol. The van der Waals surface area contributed by atoms with Gasteiger partial charge in [0.2, 0.25) is 0 Å². The van der Waals surface area contributed by atoms with Gasteiger partial charge in [-0.05, 0) is 18.2 Å². The highest BCUT2D eigenvalue weighted by Gasteiger charge is 2.02. The van der Waals surface area contributed by atoms with Crippen LogP contribution < -0.4 is 0 Å². The number of rotatable bonds is 2. The molecule has 64 valence electrons. The fourth-order valence-electron chi connectivity index (χ4n) is 1.28. The molecule has 1 aromatic heterocycles. The van der Waals surface area contributed by atoms with E-state index in [0.717, 1.165) is 16.5 Å². The summed E-state index contributed by atoms with van der Waals surface area (Å²) in [5.74, 6) is 0.519. The number of fused-ring (bicyclic) bond motifs is 1. The Morgan fingerprint density at radius 1 is 1.31 bits per heavy atom. The molecule has 0 radical (unpaired) electrons. The summed E-state index contributed by atoms with van der Waals surface area (Å²) in [7, 11) is 0. The van der Waals surface area contributed by atoms with Crippen molar-refractivity contribution >= 4 is 22.6 Å². The largest absolute Gasteiger partial charge is 0.463 e. The Labute approximate surface area is 80.1 Å². The molecule has 13 heavy (non-hydrogen) atoms. The van der Waals surface area contributed by atoms with Gasteiger partial charge in [0.1, 0.15) is 0 Å². The number of benzene rings is 1. The fraction of sp³-hybridized carbons (Fsp3) is 0.100. The van der Waals surface area contributed by atoms with Crippen LogP contribution >= 0.6 is 0 Å². The number of aromatic nitrogens is 1. The first-order valence-electron chi connectivity index (χ1n) is 3.98. The van der Waals surface area contributed by atoms with Gasteiger partial charge in [-0.1, -0.05) is 12.1 Å². The maximum atomic E-state index is 10.3. The second kappa shape index (κ2) is 3.58. The van der Waals surface area contributed by atoms with E-state index >= 15 is 0 Å². The lowest BCUT2D eigenvalue weighted by Gasteiger charge is -1.95. The summed E-state index contributed by atoms with van der Waals surface area (Å²) in [5, 5.41) is 1.09. The van der Waals surface area contributed by atoms with Gasteiger partial charge < -0.3 is 0 Å². The Kier molecular flexibility index (Phi) is 2.27. The van der Waals surface area contributed by atoms with Crippen molar-refractivity contribution in [2.75, 3.05) is 0 Å². The van der Waals surface area contributed by atoms with Crippen LogP contribution in [0.2, 0.25) is 0 Å². The molecule has 2 nitrogen and oxygen atoms in total. The monoisotopic (exact) mass is 190 g/mol. The van der Waals surface area contributed by atoms with E-state index in [0.29, 0.717) is 17.4 Å². The third-order valence-corrected chi connectivity index (χ3v) is 2.34. The zero-order valence-electron chi connectivity index (χ0n) is 6.93. The molecule has 0 N–H and O–H groups in total. The quantitative estimate of drug-likeness (QED) is 0.679. The normalized spacial score (nSPS) is 10.2. The maximum absolute atomic E-state index is 10.3. The molecule has 0 bridgehead atoms. The van der Waals surface area contributed by atoms with Crippen molar-refractivity contribution in [1.29, 1.82) is 0 Å². The fourth-order valence-corrected chi connectivity index (χ4v) is 1.60. The molecule has 0 fully saturated rings. The highest BCUT2D eigenvalue weighted by atomic mass is 32.1. The van der Waals surface area contributed by atoms with Gasteiger partial charge in [0.15, 0.2) is 0 Å². The van der Waals surface area contributed by atoms with E-state index in [2.05, 4.69) is 4.98 Å². The van der Waals surface area contributed by atoms with E-state index in [1.54, 1.807) is 6.20 Å². The first kappa shape index (κ1) is 8.26. The van der Waals surface area contributed by atoms with E-state index in [-0.39, 0.29) is 0 Å². The highest BCUT2D eigenvalue weighted by molar-refractivity contribution is 7.64. The average Bonchev–Trinajstić information content (AvgIpc) is 2.18. The summed E-state index contributed by atoms with van der Waals surface area (Å²) in [4.78, 5) is 4.20. The molecule has 0 saturated carbocycles. The zero-order valence-corrected chi connectivity index (χ0v) is 7.75. The van der Waals surface area contributed by atoms with Crippen molar-refractivity contribution in [3.8, 4) is 0 Å². The van der Waals surface area contributed by atoms with E-state index in [1.165, 1.54) is 0 Å². The molecule has 0 atom stereocenters. The molecule has 0 saturated heterocycles. The molecule has 0 spiro atoms. The molecule has 1 heterocycles. The second-order valence-electron chi connectivity index (χ2n) is 2.79. The molecule has 2 aromatic rings. The van der Waals surface area contributed by atoms with Crippen LogP contribution in [0.4, 0.5) is 0 Å². The van der Waals surface area contributed by atoms with Gasteiger partial charge in [0.05, 0.1) is 5.52 Å². The van der Waals surface area contributed by atoms with Crippen molar-refractivity contribution in [2.24, 2.45) is 0 Å². The van der Waals surface area contributed by atoms with Gasteiger partial charge in [-0.3, -0.25) is 4.98 Å². The van der Waals surface area contributed by atoms with Crippen LogP contribution in [0.5, 0.6) is 0 Å². The zero-order chi connectivity index (χ0) is 9.10. The molecule has 0 aliphatic carbocycles. The predicted octanol–water partition coefficient (Wildman–Crippen LogP) is 2.16. The summed E-state index contributed by atoms with van der Waals surface area (Å²) in [5.41, 5.74) is 2.03. The van der Waals surface area contributed by atoms with Crippen molar-refractivity contribution in [1.82, 2.24) is 4.98 Å². The van der Waals surface area contributed by atoms with Crippen LogP contribution in [0.25, 0.3) is 10.9 Å². The Bertz CT molecular complexity index is 442. The minimum Gasteiger partial charge on any atom is -0.256 e. The van der Waals surface area contributed by atoms with Crippen LogP contribution in [-0.2, 0) is 21.6 Å². The molecule has 0 unspecified atom stereocenters. The maximum Gasteiger partial charge on any atom is 0.463 e. The minimum atomic E-state index is 0.519. The second-order valence-corrected chi connectivity index (χ2v) is 3.32. The van der Waals surface area contributed by atoms with E-state index in [1.807, 2.05) is 30.3 Å². The van der Waals surface area contributed by atoms with Crippen LogP contribution in [0, 0.1) is 0 Å². The summed E-state index contributed by atoms with van der Waals surface area (Å²) in [6, 6.07) is 9.80. The lowest BCUT2D eigenvalue weighted by molar-refractivity contribution is 0.604. The molecule has 0 amide bonds. The molecule has 0 aliphatic heterocycles. The van der Waals surface area contributed by atoms with E-state index < -0.39 is 0 Å². The Morgan fingerprint density at radius 2 is 2.23 bits per heavy atom. The highest BCUT2D eigenvalue weighted by Crippen LogP contribution is 2.13. The predicted molar refractivity (Wildman–Crippen MR) is 53.5 cm³/mol. The third kappa shape index (κ3) is 1.70. The number of hydrogen-bond donors (Lipinski definition) is 0. The first-order chi connectivity index (χ1) is 6.40. The number of pyridine rings is 1. The lowest BCUT2D eigenvalue weighted by Crippen LogP contribution is -1.83. The third-order valence-electron chi connectivity index (χ3n) is 1.89. The number of nitrogens with zero attached hydrogens (tertiary/aromatic N) is 1. The minimum absolute atomic E-state index is 0.519. The smallest absolute Gasteiger partial charge is 0.256 e. The van der Waals surface area contributed by atoms with E-state index in [4.69, 9.17) is 0 Å². The lowest BCUT2D eigenvalue weighted by atomic mass is 10.1. The number of hydrogen-bond acceptors (Lipinski definition) is 2. The Morgan fingerprint density at radius 3 is 3.08 bits per heavy atom. The van der Waals surface area contributed by atoms with E-state index in [9.17, 15) is 4.21 Å². The topological polar surface area (TPSA) is 30.0 Å². The summed E-state index contributed by atoms with van der Waals surface area (Å²) < 4.78 is 10.3. The summed E-state index contributed by atoms with van der Waals surface area (Å²) in [6.07, 6.45) is 1.77. The first-order valence-corrected chi connectivity index (χ1v) is 4.89. The molecule has 2 rings (SSSR count). The summed E-state index contributed by atoms with van der Waals surface area (Å²) in [6.45, 7) is 0. The van der Waals surface area contributed by atoms with Crippen LogP contribution in [0.1, 0.15) is 5.56 Å². The van der Waals surface area contributed by atoms with Gasteiger partial charge >= 0.3 is 11.7 Å². The van der Waals surface area contributed by atoms with Crippen LogP contribution in [-0.4, -0.2) is 4.98 Å². The molecule has 1 aromatic carbocycles. The summed E-state index contributed by atoms with van der Waals surface area (Å²) >= 11 is 0.593. The van der Waals surface area contributed by atoms with Crippen molar-refractivity contribution in [3.05, 3.63) is 42.1 Å². The van der Waals surface area contributed by atoms with Gasteiger partial charge in [-0.15, -0.1) is 0 Å². The van der Waals surface area contributed by atoms with Crippen LogP contribution in [0.15, 0.2) is 36.5 Å². The average molecular weight is 190 g/mol. The Balaban J connectivity index is 2.55. The Hall–Kier alpha value is -1.35. The van der Waals surface area contributed by atoms with Crippen LogP contribution in [0.3, 0.4) is 0 Å². The molecule has 3 heteroatoms. The van der Waals surface area contributed by atoms with Gasteiger partial charge in [-0.25, -0.2) is 0 Å². The SMILES string of the molecule is O=[S+]Cc1ccc2ncccc2c1.